The molecule has 0 aliphatic carbocycles. The molecule has 5 nitrogen and oxygen atoms in total. The first-order chi connectivity index (χ1) is 10.2. The summed E-state index contributed by atoms with van der Waals surface area (Å²) in [6, 6.07) is 7.85. The van der Waals surface area contributed by atoms with Crippen LogP contribution in [-0.4, -0.2) is 44.9 Å². The summed E-state index contributed by atoms with van der Waals surface area (Å²) in [6.07, 6.45) is 1.40. The first kappa shape index (κ1) is 15.8. The summed E-state index contributed by atoms with van der Waals surface area (Å²) >= 11 is 0. The van der Waals surface area contributed by atoms with Gasteiger partial charge in [0.1, 0.15) is 18.0 Å². The molecule has 5 heteroatoms. The lowest BCUT2D eigenvalue weighted by Gasteiger charge is -2.34. The highest BCUT2D eigenvalue weighted by Gasteiger charge is 2.39. The number of rotatable bonds is 6. The Balaban J connectivity index is 1.77. The second-order valence-corrected chi connectivity index (χ2v) is 5.32. The monoisotopic (exact) mass is 292 g/mol. The summed E-state index contributed by atoms with van der Waals surface area (Å²) in [5, 5.41) is 6.16. The fourth-order valence-corrected chi connectivity index (χ4v) is 2.56. The van der Waals surface area contributed by atoms with Crippen molar-refractivity contribution in [2.75, 3.05) is 33.4 Å². The van der Waals surface area contributed by atoms with Gasteiger partial charge in [0, 0.05) is 7.11 Å². The van der Waals surface area contributed by atoms with Crippen LogP contribution in [0.2, 0.25) is 0 Å². The van der Waals surface area contributed by atoms with Gasteiger partial charge in [-0.2, -0.15) is 0 Å². The summed E-state index contributed by atoms with van der Waals surface area (Å²) < 4.78 is 11.2. The van der Waals surface area contributed by atoms with Crippen LogP contribution in [-0.2, 0) is 9.53 Å². The molecule has 0 unspecified atom stereocenters. The molecule has 21 heavy (non-hydrogen) atoms. The van der Waals surface area contributed by atoms with Crippen molar-refractivity contribution in [3.63, 3.8) is 0 Å². The smallest absolute Gasteiger partial charge is 0.252 e. The number of methoxy groups -OCH3 is 1. The molecule has 2 rings (SSSR count). The quantitative estimate of drug-likeness (QED) is 0.775. The van der Waals surface area contributed by atoms with E-state index >= 15 is 0 Å². The Morgan fingerprint density at radius 3 is 2.71 bits per heavy atom. The van der Waals surface area contributed by atoms with E-state index in [9.17, 15) is 4.79 Å². The zero-order valence-corrected chi connectivity index (χ0v) is 12.8. The maximum Gasteiger partial charge on any atom is 0.252 e. The third-order valence-electron chi connectivity index (χ3n) is 3.95. The van der Waals surface area contributed by atoms with Gasteiger partial charge in [0.05, 0.1) is 6.54 Å². The number of ether oxygens (including phenoxy) is 2. The summed E-state index contributed by atoms with van der Waals surface area (Å²) in [5.41, 5.74) is 0.407. The van der Waals surface area contributed by atoms with Gasteiger partial charge in [-0.3, -0.25) is 4.79 Å². The van der Waals surface area contributed by atoms with Gasteiger partial charge in [-0.15, -0.1) is 0 Å². The molecule has 1 aliphatic rings. The molecule has 1 heterocycles. The fourth-order valence-electron chi connectivity index (χ4n) is 2.56. The Morgan fingerprint density at radius 1 is 1.33 bits per heavy atom. The molecular weight excluding hydrogens is 268 g/mol. The van der Waals surface area contributed by atoms with Gasteiger partial charge in [0.15, 0.2) is 0 Å². The third-order valence-corrected chi connectivity index (χ3v) is 3.95. The average Bonchev–Trinajstić information content (AvgIpc) is 2.53. The molecular formula is C16H24N2O3. The predicted octanol–water partition coefficient (Wildman–Crippen LogP) is 1.26. The zero-order valence-electron chi connectivity index (χ0n) is 12.8. The van der Waals surface area contributed by atoms with Crippen molar-refractivity contribution >= 4 is 5.91 Å². The van der Waals surface area contributed by atoms with Crippen LogP contribution >= 0.6 is 0 Å². The summed E-state index contributed by atoms with van der Waals surface area (Å²) in [6.45, 7) is 4.55. The Bertz CT molecular complexity index is 470. The number of aryl methyl sites for hydroxylation is 1. The lowest BCUT2D eigenvalue weighted by atomic mass is 9.91. The molecule has 0 saturated carbocycles. The van der Waals surface area contributed by atoms with Gasteiger partial charge in [-0.05, 0) is 44.5 Å². The number of carbonyl (C=O) groups is 1. The Kier molecular flexibility index (Phi) is 5.59. The van der Waals surface area contributed by atoms with E-state index in [2.05, 4.69) is 10.6 Å². The molecule has 0 spiro atoms. The Hall–Kier alpha value is -1.59. The van der Waals surface area contributed by atoms with Crippen molar-refractivity contribution < 1.29 is 14.3 Å². The Labute approximate surface area is 126 Å². The lowest BCUT2D eigenvalue weighted by Crippen LogP contribution is -2.54. The van der Waals surface area contributed by atoms with E-state index in [-0.39, 0.29) is 5.91 Å². The van der Waals surface area contributed by atoms with Crippen LogP contribution in [0.4, 0.5) is 0 Å². The van der Waals surface area contributed by atoms with Gasteiger partial charge in [-0.25, -0.2) is 0 Å². The molecule has 0 bridgehead atoms. The van der Waals surface area contributed by atoms with Crippen LogP contribution in [0.5, 0.6) is 5.75 Å². The van der Waals surface area contributed by atoms with E-state index in [4.69, 9.17) is 9.47 Å². The van der Waals surface area contributed by atoms with Gasteiger partial charge >= 0.3 is 0 Å². The Morgan fingerprint density at radius 2 is 2.05 bits per heavy atom. The molecule has 1 saturated heterocycles. The van der Waals surface area contributed by atoms with Crippen molar-refractivity contribution in [3.8, 4) is 5.75 Å². The highest BCUT2D eigenvalue weighted by atomic mass is 16.5. The molecule has 1 aliphatic heterocycles. The van der Waals surface area contributed by atoms with E-state index in [1.54, 1.807) is 7.11 Å². The summed E-state index contributed by atoms with van der Waals surface area (Å²) in [5.74, 6) is 0.815. The first-order valence-corrected chi connectivity index (χ1v) is 7.40. The minimum atomic E-state index is -0.687. The predicted molar refractivity (Wildman–Crippen MR) is 81.5 cm³/mol. The number of hydrogen-bond acceptors (Lipinski definition) is 4. The second kappa shape index (κ2) is 7.43. The molecule has 0 radical (unpaired) electrons. The van der Waals surface area contributed by atoms with E-state index in [0.717, 1.165) is 24.4 Å². The molecule has 1 aromatic carbocycles. The van der Waals surface area contributed by atoms with Crippen LogP contribution in [0.3, 0.4) is 0 Å². The van der Waals surface area contributed by atoms with Gasteiger partial charge in [-0.1, -0.05) is 18.2 Å². The van der Waals surface area contributed by atoms with Crippen molar-refractivity contribution in [1.82, 2.24) is 10.6 Å². The number of benzene rings is 1. The standard InChI is InChI=1S/C16H24N2O3/c1-13-5-3-4-6-14(13)21-12-11-18-15(19)16(20-2)7-9-17-10-8-16/h3-6,17H,7-12H2,1-2H3,(H,18,19). The molecule has 0 atom stereocenters. The number of amides is 1. The summed E-state index contributed by atoms with van der Waals surface area (Å²) in [4.78, 5) is 12.3. The molecule has 2 N–H and O–H groups in total. The van der Waals surface area contributed by atoms with Crippen molar-refractivity contribution in [2.45, 2.75) is 25.4 Å². The van der Waals surface area contributed by atoms with E-state index < -0.39 is 5.60 Å². The van der Waals surface area contributed by atoms with Gasteiger partial charge < -0.3 is 20.1 Å². The van der Waals surface area contributed by atoms with E-state index in [0.29, 0.717) is 26.0 Å². The van der Waals surface area contributed by atoms with Crippen LogP contribution in [0, 0.1) is 6.92 Å². The maximum absolute atomic E-state index is 12.3. The van der Waals surface area contributed by atoms with Crippen LogP contribution in [0.1, 0.15) is 18.4 Å². The minimum absolute atomic E-state index is 0.0418. The van der Waals surface area contributed by atoms with Crippen LogP contribution in [0.15, 0.2) is 24.3 Å². The lowest BCUT2D eigenvalue weighted by molar-refractivity contribution is -0.146. The molecule has 1 aromatic rings. The number of hydrogen-bond donors (Lipinski definition) is 2. The second-order valence-electron chi connectivity index (χ2n) is 5.32. The topological polar surface area (TPSA) is 59.6 Å². The van der Waals surface area contributed by atoms with Crippen molar-refractivity contribution in [2.24, 2.45) is 0 Å². The van der Waals surface area contributed by atoms with E-state index in [1.165, 1.54) is 0 Å². The number of nitrogens with one attached hydrogen (secondary N) is 2. The highest BCUT2D eigenvalue weighted by Crippen LogP contribution is 2.22. The van der Waals surface area contributed by atoms with E-state index in [1.807, 2.05) is 31.2 Å². The average molecular weight is 292 g/mol. The maximum atomic E-state index is 12.3. The largest absolute Gasteiger partial charge is 0.491 e. The van der Waals surface area contributed by atoms with Crippen molar-refractivity contribution in [1.29, 1.82) is 0 Å². The first-order valence-electron chi connectivity index (χ1n) is 7.40. The number of piperidine rings is 1. The zero-order chi connectivity index (χ0) is 15.1. The third kappa shape index (κ3) is 3.95. The SMILES string of the molecule is COC1(C(=O)NCCOc2ccccc2C)CCNCC1. The van der Waals surface area contributed by atoms with Gasteiger partial charge in [0.25, 0.3) is 5.91 Å². The van der Waals surface area contributed by atoms with Gasteiger partial charge in [0.2, 0.25) is 0 Å². The molecule has 116 valence electrons. The minimum Gasteiger partial charge on any atom is -0.491 e. The normalized spacial score (nSPS) is 17.2. The molecule has 1 amide bonds. The number of carbonyl (C=O) groups excluding carboxylic acids is 1. The fraction of sp³-hybridized carbons (Fsp3) is 0.562. The molecule has 1 fully saturated rings. The van der Waals surface area contributed by atoms with Crippen LogP contribution in [0.25, 0.3) is 0 Å². The molecule has 0 aromatic heterocycles. The number of para-hydroxylation sites is 1. The highest BCUT2D eigenvalue weighted by molar-refractivity contribution is 5.85. The summed E-state index contributed by atoms with van der Waals surface area (Å²) in [7, 11) is 1.61. The van der Waals surface area contributed by atoms with Crippen LogP contribution < -0.4 is 15.4 Å². The van der Waals surface area contributed by atoms with Crippen molar-refractivity contribution in [3.05, 3.63) is 29.8 Å².